The molecule has 142 valence electrons. The standard InChI is InChI=1S/C24H30N2O/c1-18(22-13-12-20-6-2-3-7-23(20)16-22)25-24(27)21-10-8-19(9-11-21)17-26-14-4-5-15-26/h8-13,16,18H,2-7,14-15,17H2,1H3,(H,25,27)/t18-/m0/s1. The molecular weight excluding hydrogens is 332 g/mol. The second-order valence-electron chi connectivity index (χ2n) is 8.11. The Kier molecular flexibility index (Phi) is 5.58. The van der Waals surface area contributed by atoms with E-state index in [9.17, 15) is 4.79 Å². The third kappa shape index (κ3) is 4.41. The van der Waals surface area contributed by atoms with Gasteiger partial charge >= 0.3 is 0 Å². The van der Waals surface area contributed by atoms with Crippen LogP contribution >= 0.6 is 0 Å². The molecule has 0 unspecified atom stereocenters. The Morgan fingerprint density at radius 2 is 1.67 bits per heavy atom. The SMILES string of the molecule is C[C@H](NC(=O)c1ccc(CN2CCCC2)cc1)c1ccc2c(c1)CCCC2. The van der Waals surface area contributed by atoms with Gasteiger partial charge in [-0.3, -0.25) is 9.69 Å². The van der Waals surface area contributed by atoms with E-state index >= 15 is 0 Å². The molecule has 2 aliphatic rings. The lowest BCUT2D eigenvalue weighted by atomic mass is 9.89. The summed E-state index contributed by atoms with van der Waals surface area (Å²) >= 11 is 0. The van der Waals surface area contributed by atoms with Crippen molar-refractivity contribution in [2.24, 2.45) is 0 Å². The van der Waals surface area contributed by atoms with E-state index in [0.29, 0.717) is 0 Å². The highest BCUT2D eigenvalue weighted by Gasteiger charge is 2.16. The van der Waals surface area contributed by atoms with E-state index in [4.69, 9.17) is 0 Å². The first-order valence-corrected chi connectivity index (χ1v) is 10.4. The third-order valence-electron chi connectivity index (χ3n) is 6.04. The monoisotopic (exact) mass is 362 g/mol. The molecule has 1 aliphatic carbocycles. The highest BCUT2D eigenvalue weighted by atomic mass is 16.1. The quantitative estimate of drug-likeness (QED) is 0.839. The Balaban J connectivity index is 1.37. The maximum absolute atomic E-state index is 12.7. The summed E-state index contributed by atoms with van der Waals surface area (Å²) in [5.74, 6) is 0.00735. The number of fused-ring (bicyclic) bond motifs is 1. The molecule has 1 amide bonds. The van der Waals surface area contributed by atoms with E-state index in [1.54, 1.807) is 0 Å². The Bertz CT molecular complexity index is 791. The topological polar surface area (TPSA) is 32.3 Å². The summed E-state index contributed by atoms with van der Waals surface area (Å²) < 4.78 is 0. The van der Waals surface area contributed by atoms with Crippen LogP contribution in [-0.4, -0.2) is 23.9 Å². The first-order chi connectivity index (χ1) is 13.2. The zero-order valence-corrected chi connectivity index (χ0v) is 16.3. The number of carbonyl (C=O) groups excluding carboxylic acids is 1. The van der Waals surface area contributed by atoms with Crippen LogP contribution in [0.4, 0.5) is 0 Å². The molecule has 0 saturated carbocycles. The van der Waals surface area contributed by atoms with E-state index in [1.807, 2.05) is 12.1 Å². The average Bonchev–Trinajstić information content (AvgIpc) is 3.21. The minimum atomic E-state index is 0.00735. The van der Waals surface area contributed by atoms with Crippen LogP contribution < -0.4 is 5.32 Å². The summed E-state index contributed by atoms with van der Waals surface area (Å²) in [6.45, 7) is 5.46. The van der Waals surface area contributed by atoms with Crippen molar-refractivity contribution >= 4 is 5.91 Å². The van der Waals surface area contributed by atoms with Crippen molar-refractivity contribution in [1.82, 2.24) is 10.2 Å². The molecular formula is C24H30N2O. The lowest BCUT2D eigenvalue weighted by Crippen LogP contribution is -2.27. The van der Waals surface area contributed by atoms with Gasteiger partial charge in [-0.1, -0.05) is 30.3 Å². The van der Waals surface area contributed by atoms with Crippen LogP contribution in [0.25, 0.3) is 0 Å². The molecule has 0 spiro atoms. The van der Waals surface area contributed by atoms with Gasteiger partial charge in [-0.05, 0) is 92.9 Å². The minimum Gasteiger partial charge on any atom is -0.346 e. The van der Waals surface area contributed by atoms with Gasteiger partial charge in [-0.15, -0.1) is 0 Å². The lowest BCUT2D eigenvalue weighted by molar-refractivity contribution is 0.0940. The largest absolute Gasteiger partial charge is 0.346 e. The predicted octanol–water partition coefficient (Wildman–Crippen LogP) is 4.65. The van der Waals surface area contributed by atoms with Crippen LogP contribution in [0.2, 0.25) is 0 Å². The molecule has 1 N–H and O–H groups in total. The Morgan fingerprint density at radius 3 is 2.41 bits per heavy atom. The molecule has 0 bridgehead atoms. The van der Waals surface area contributed by atoms with Crippen molar-refractivity contribution in [3.8, 4) is 0 Å². The van der Waals surface area contributed by atoms with Gasteiger partial charge in [0.1, 0.15) is 0 Å². The second kappa shape index (κ2) is 8.26. The van der Waals surface area contributed by atoms with Gasteiger partial charge in [0.15, 0.2) is 0 Å². The normalized spacial score (nSPS) is 18.1. The molecule has 1 saturated heterocycles. The summed E-state index contributed by atoms with van der Waals surface area (Å²) in [7, 11) is 0. The first kappa shape index (κ1) is 18.2. The van der Waals surface area contributed by atoms with Crippen molar-refractivity contribution in [3.63, 3.8) is 0 Å². The molecule has 2 aromatic rings. The fraction of sp³-hybridized carbons (Fsp3) is 0.458. The lowest BCUT2D eigenvalue weighted by Gasteiger charge is -2.20. The summed E-state index contributed by atoms with van der Waals surface area (Å²) in [5.41, 5.74) is 6.18. The van der Waals surface area contributed by atoms with Gasteiger partial charge in [-0.25, -0.2) is 0 Å². The second-order valence-corrected chi connectivity index (χ2v) is 8.11. The Morgan fingerprint density at radius 1 is 0.963 bits per heavy atom. The van der Waals surface area contributed by atoms with Gasteiger partial charge < -0.3 is 5.32 Å². The molecule has 1 heterocycles. The van der Waals surface area contributed by atoms with Gasteiger partial charge in [0.05, 0.1) is 6.04 Å². The number of nitrogens with zero attached hydrogens (tertiary/aromatic N) is 1. The molecule has 27 heavy (non-hydrogen) atoms. The van der Waals surface area contributed by atoms with Gasteiger partial charge in [0, 0.05) is 12.1 Å². The van der Waals surface area contributed by atoms with Crippen LogP contribution in [0.5, 0.6) is 0 Å². The van der Waals surface area contributed by atoms with Gasteiger partial charge in [0.2, 0.25) is 0 Å². The van der Waals surface area contributed by atoms with E-state index in [-0.39, 0.29) is 11.9 Å². The van der Waals surface area contributed by atoms with Gasteiger partial charge in [-0.2, -0.15) is 0 Å². The first-order valence-electron chi connectivity index (χ1n) is 10.4. The van der Waals surface area contributed by atoms with E-state index in [1.165, 1.54) is 73.9 Å². The number of aryl methyl sites for hydroxylation is 2. The molecule has 0 aromatic heterocycles. The highest BCUT2D eigenvalue weighted by molar-refractivity contribution is 5.94. The van der Waals surface area contributed by atoms with Crippen LogP contribution in [-0.2, 0) is 19.4 Å². The summed E-state index contributed by atoms with van der Waals surface area (Å²) in [6.07, 6.45) is 7.55. The number of carbonyl (C=O) groups is 1. The highest BCUT2D eigenvalue weighted by Crippen LogP contribution is 2.25. The molecule has 1 fully saturated rings. The number of nitrogens with one attached hydrogen (secondary N) is 1. The maximum atomic E-state index is 12.7. The van der Waals surface area contributed by atoms with Crippen molar-refractivity contribution in [2.75, 3.05) is 13.1 Å². The van der Waals surface area contributed by atoms with Crippen LogP contribution in [0.1, 0.15) is 71.3 Å². The van der Waals surface area contributed by atoms with Crippen molar-refractivity contribution in [1.29, 1.82) is 0 Å². The summed E-state index contributed by atoms with van der Waals surface area (Å²) in [5, 5.41) is 3.16. The number of amides is 1. The number of hydrogen-bond donors (Lipinski definition) is 1. The maximum Gasteiger partial charge on any atom is 0.251 e. The summed E-state index contributed by atoms with van der Waals surface area (Å²) in [6, 6.07) is 14.8. The molecule has 4 rings (SSSR count). The Hall–Kier alpha value is -2.13. The molecule has 1 atom stereocenters. The van der Waals surface area contributed by atoms with Crippen LogP contribution in [0.15, 0.2) is 42.5 Å². The number of hydrogen-bond acceptors (Lipinski definition) is 2. The van der Waals surface area contributed by atoms with Crippen LogP contribution in [0, 0.1) is 0 Å². The zero-order valence-electron chi connectivity index (χ0n) is 16.3. The minimum absolute atomic E-state index is 0.00735. The van der Waals surface area contributed by atoms with Crippen molar-refractivity contribution < 1.29 is 4.79 Å². The van der Waals surface area contributed by atoms with Crippen molar-refractivity contribution in [2.45, 2.75) is 58.0 Å². The van der Waals surface area contributed by atoms with Crippen molar-refractivity contribution in [3.05, 3.63) is 70.3 Å². The van der Waals surface area contributed by atoms with Crippen LogP contribution in [0.3, 0.4) is 0 Å². The smallest absolute Gasteiger partial charge is 0.251 e. The fourth-order valence-corrected chi connectivity index (χ4v) is 4.35. The number of benzene rings is 2. The third-order valence-corrected chi connectivity index (χ3v) is 6.04. The molecule has 0 radical (unpaired) electrons. The fourth-order valence-electron chi connectivity index (χ4n) is 4.35. The van der Waals surface area contributed by atoms with E-state index in [0.717, 1.165) is 12.1 Å². The average molecular weight is 363 g/mol. The van der Waals surface area contributed by atoms with Gasteiger partial charge in [0.25, 0.3) is 5.91 Å². The molecule has 2 aromatic carbocycles. The molecule has 1 aliphatic heterocycles. The van der Waals surface area contributed by atoms with E-state index in [2.05, 4.69) is 47.5 Å². The van der Waals surface area contributed by atoms with E-state index < -0.39 is 0 Å². The summed E-state index contributed by atoms with van der Waals surface area (Å²) in [4.78, 5) is 15.1. The molecule has 3 nitrogen and oxygen atoms in total. The predicted molar refractivity (Wildman–Crippen MR) is 110 cm³/mol. The zero-order chi connectivity index (χ0) is 18.6. The Labute approximate surface area is 162 Å². The number of likely N-dealkylation sites (tertiary alicyclic amines) is 1. The molecule has 3 heteroatoms. The number of rotatable bonds is 5.